The van der Waals surface area contributed by atoms with Gasteiger partial charge in [-0.2, -0.15) is 0 Å². The molecule has 1 aliphatic heterocycles. The summed E-state index contributed by atoms with van der Waals surface area (Å²) in [6.45, 7) is 2.05. The standard InChI is InChI=1S/C12H15NO3/c14-12(15)7-5-10-4-6-11(16-10)13-8-2-1-3-9-13/h4-7H,1-3,8-9H2,(H,14,15)/b7-5+. The van der Waals surface area contributed by atoms with Crippen molar-refractivity contribution in [3.05, 3.63) is 24.0 Å². The minimum absolute atomic E-state index is 0.586. The Morgan fingerprint density at radius 1 is 1.31 bits per heavy atom. The van der Waals surface area contributed by atoms with E-state index in [1.165, 1.54) is 25.3 Å². The van der Waals surface area contributed by atoms with E-state index in [2.05, 4.69) is 4.90 Å². The van der Waals surface area contributed by atoms with Crippen molar-refractivity contribution in [2.45, 2.75) is 19.3 Å². The first-order valence-corrected chi connectivity index (χ1v) is 5.51. The van der Waals surface area contributed by atoms with Gasteiger partial charge in [0.25, 0.3) is 0 Å². The van der Waals surface area contributed by atoms with E-state index in [-0.39, 0.29) is 0 Å². The number of piperidine rings is 1. The third-order valence-corrected chi connectivity index (χ3v) is 2.67. The smallest absolute Gasteiger partial charge is 0.328 e. The average Bonchev–Trinajstić information content (AvgIpc) is 2.76. The lowest BCUT2D eigenvalue weighted by atomic mass is 10.1. The highest BCUT2D eigenvalue weighted by molar-refractivity contribution is 5.84. The highest BCUT2D eigenvalue weighted by Gasteiger charge is 2.13. The Labute approximate surface area is 94.2 Å². The summed E-state index contributed by atoms with van der Waals surface area (Å²) in [6, 6.07) is 3.69. The molecule has 1 N–H and O–H groups in total. The van der Waals surface area contributed by atoms with Gasteiger partial charge in [0.15, 0.2) is 5.88 Å². The van der Waals surface area contributed by atoms with E-state index in [4.69, 9.17) is 9.52 Å². The van der Waals surface area contributed by atoms with Crippen molar-refractivity contribution < 1.29 is 14.3 Å². The van der Waals surface area contributed by atoms with Crippen molar-refractivity contribution >= 4 is 17.9 Å². The second-order valence-corrected chi connectivity index (χ2v) is 3.90. The van der Waals surface area contributed by atoms with Crippen LogP contribution in [0.5, 0.6) is 0 Å². The highest BCUT2D eigenvalue weighted by Crippen LogP contribution is 2.22. The van der Waals surface area contributed by atoms with Crippen LogP contribution >= 0.6 is 0 Å². The molecule has 86 valence electrons. The van der Waals surface area contributed by atoms with Gasteiger partial charge in [-0.15, -0.1) is 0 Å². The fourth-order valence-electron chi connectivity index (χ4n) is 1.87. The quantitative estimate of drug-likeness (QED) is 0.796. The maximum atomic E-state index is 10.3. The number of carbonyl (C=O) groups is 1. The summed E-state index contributed by atoms with van der Waals surface area (Å²) in [4.78, 5) is 12.5. The van der Waals surface area contributed by atoms with Gasteiger partial charge in [-0.3, -0.25) is 0 Å². The van der Waals surface area contributed by atoms with Crippen LogP contribution in [0.15, 0.2) is 22.6 Å². The fraction of sp³-hybridized carbons (Fsp3) is 0.417. The number of aliphatic carboxylic acids is 1. The molecule has 4 nitrogen and oxygen atoms in total. The number of furan rings is 1. The fourth-order valence-corrected chi connectivity index (χ4v) is 1.87. The Hall–Kier alpha value is -1.71. The van der Waals surface area contributed by atoms with Crippen LogP contribution in [-0.2, 0) is 4.79 Å². The predicted octanol–water partition coefficient (Wildman–Crippen LogP) is 2.37. The molecule has 4 heteroatoms. The number of carboxylic acids is 1. The van der Waals surface area contributed by atoms with Gasteiger partial charge in [0, 0.05) is 25.2 Å². The summed E-state index contributed by atoms with van der Waals surface area (Å²) >= 11 is 0. The number of carboxylic acid groups (broad SMARTS) is 1. The number of hydrogen-bond acceptors (Lipinski definition) is 3. The maximum absolute atomic E-state index is 10.3. The van der Waals surface area contributed by atoms with Gasteiger partial charge in [-0.25, -0.2) is 4.79 Å². The molecule has 1 aliphatic rings. The Balaban J connectivity index is 2.03. The molecule has 16 heavy (non-hydrogen) atoms. The minimum atomic E-state index is -0.962. The zero-order valence-corrected chi connectivity index (χ0v) is 9.06. The lowest BCUT2D eigenvalue weighted by molar-refractivity contribution is -0.131. The number of rotatable bonds is 3. The third kappa shape index (κ3) is 2.66. The molecule has 0 radical (unpaired) electrons. The largest absolute Gasteiger partial charge is 0.478 e. The van der Waals surface area contributed by atoms with E-state index in [0.29, 0.717) is 5.76 Å². The second kappa shape index (κ2) is 4.88. The molecule has 0 aromatic carbocycles. The summed E-state index contributed by atoms with van der Waals surface area (Å²) in [5.74, 6) is 0.462. The summed E-state index contributed by atoms with van der Waals surface area (Å²) in [7, 11) is 0. The molecule has 0 aliphatic carbocycles. The van der Waals surface area contributed by atoms with Crippen LogP contribution in [0.4, 0.5) is 5.88 Å². The van der Waals surface area contributed by atoms with Crippen molar-refractivity contribution in [1.82, 2.24) is 0 Å². The zero-order chi connectivity index (χ0) is 11.4. The first kappa shape index (κ1) is 10.8. The van der Waals surface area contributed by atoms with Crippen molar-refractivity contribution in [3.8, 4) is 0 Å². The Morgan fingerprint density at radius 2 is 2.06 bits per heavy atom. The van der Waals surface area contributed by atoms with E-state index in [1.807, 2.05) is 6.07 Å². The van der Waals surface area contributed by atoms with Crippen molar-refractivity contribution in [2.75, 3.05) is 18.0 Å². The average molecular weight is 221 g/mol. The van der Waals surface area contributed by atoms with Gasteiger partial charge >= 0.3 is 5.97 Å². The molecule has 0 atom stereocenters. The van der Waals surface area contributed by atoms with E-state index in [0.717, 1.165) is 25.0 Å². The number of anilines is 1. The monoisotopic (exact) mass is 221 g/mol. The van der Waals surface area contributed by atoms with E-state index in [9.17, 15) is 4.79 Å². The molecule has 2 rings (SSSR count). The maximum Gasteiger partial charge on any atom is 0.328 e. The Bertz CT molecular complexity index is 389. The Morgan fingerprint density at radius 3 is 2.75 bits per heavy atom. The van der Waals surface area contributed by atoms with Crippen molar-refractivity contribution in [1.29, 1.82) is 0 Å². The topological polar surface area (TPSA) is 53.7 Å². The molecular weight excluding hydrogens is 206 g/mol. The predicted molar refractivity (Wildman–Crippen MR) is 61.4 cm³/mol. The lowest BCUT2D eigenvalue weighted by Gasteiger charge is -2.25. The molecule has 1 saturated heterocycles. The van der Waals surface area contributed by atoms with Crippen LogP contribution in [0.3, 0.4) is 0 Å². The normalized spacial score (nSPS) is 16.9. The van der Waals surface area contributed by atoms with Gasteiger partial charge in [0.05, 0.1) is 0 Å². The second-order valence-electron chi connectivity index (χ2n) is 3.90. The highest BCUT2D eigenvalue weighted by atomic mass is 16.4. The SMILES string of the molecule is O=C(O)/C=C/c1ccc(N2CCCCC2)o1. The third-order valence-electron chi connectivity index (χ3n) is 2.67. The van der Waals surface area contributed by atoms with Crippen LogP contribution in [0, 0.1) is 0 Å². The molecule has 1 aromatic rings. The molecule has 1 aromatic heterocycles. The molecule has 0 bridgehead atoms. The van der Waals surface area contributed by atoms with Crippen LogP contribution < -0.4 is 4.90 Å². The number of nitrogens with zero attached hydrogens (tertiary/aromatic N) is 1. The molecule has 1 fully saturated rings. The van der Waals surface area contributed by atoms with Gasteiger partial charge in [-0.05, 0) is 31.4 Å². The first-order valence-electron chi connectivity index (χ1n) is 5.51. The van der Waals surface area contributed by atoms with E-state index >= 15 is 0 Å². The molecule has 2 heterocycles. The van der Waals surface area contributed by atoms with Gasteiger partial charge in [0.1, 0.15) is 5.76 Å². The molecule has 0 amide bonds. The number of hydrogen-bond donors (Lipinski definition) is 1. The summed E-state index contributed by atoms with van der Waals surface area (Å²) < 4.78 is 5.55. The van der Waals surface area contributed by atoms with Gasteiger partial charge in [0.2, 0.25) is 0 Å². The van der Waals surface area contributed by atoms with E-state index < -0.39 is 5.97 Å². The van der Waals surface area contributed by atoms with Crippen LogP contribution in [0.2, 0.25) is 0 Å². The summed E-state index contributed by atoms with van der Waals surface area (Å²) in [6.07, 6.45) is 6.22. The van der Waals surface area contributed by atoms with Crippen molar-refractivity contribution in [2.24, 2.45) is 0 Å². The summed E-state index contributed by atoms with van der Waals surface area (Å²) in [5.41, 5.74) is 0. The first-order chi connectivity index (χ1) is 7.75. The minimum Gasteiger partial charge on any atom is -0.478 e. The lowest BCUT2D eigenvalue weighted by Crippen LogP contribution is -2.28. The molecular formula is C12H15NO3. The van der Waals surface area contributed by atoms with Crippen LogP contribution in [-0.4, -0.2) is 24.2 Å². The van der Waals surface area contributed by atoms with Gasteiger partial charge < -0.3 is 14.4 Å². The molecule has 0 unspecified atom stereocenters. The van der Waals surface area contributed by atoms with Crippen LogP contribution in [0.1, 0.15) is 25.0 Å². The zero-order valence-electron chi connectivity index (χ0n) is 9.06. The molecule has 0 spiro atoms. The van der Waals surface area contributed by atoms with E-state index in [1.54, 1.807) is 6.07 Å². The molecule has 0 saturated carbocycles. The van der Waals surface area contributed by atoms with Gasteiger partial charge in [-0.1, -0.05) is 0 Å². The summed E-state index contributed by atoms with van der Waals surface area (Å²) in [5, 5.41) is 8.49. The van der Waals surface area contributed by atoms with Crippen LogP contribution in [0.25, 0.3) is 6.08 Å². The Kier molecular flexibility index (Phi) is 3.29. The van der Waals surface area contributed by atoms with Crippen molar-refractivity contribution in [3.63, 3.8) is 0 Å².